The predicted molar refractivity (Wildman–Crippen MR) is 124 cm³/mol. The van der Waals surface area contributed by atoms with Crippen LogP contribution in [0.2, 0.25) is 0 Å². The molecule has 0 aromatic heterocycles. The maximum Gasteiger partial charge on any atom is 0.459 e. The number of hydrogen-bond donors (Lipinski definition) is 3. The highest BCUT2D eigenvalue weighted by Crippen LogP contribution is 2.54. The van der Waals surface area contributed by atoms with E-state index in [0.717, 1.165) is 0 Å². The van der Waals surface area contributed by atoms with Crippen molar-refractivity contribution < 1.29 is 41.7 Å². The van der Waals surface area contributed by atoms with E-state index in [9.17, 15) is 37.3 Å². The van der Waals surface area contributed by atoms with Crippen LogP contribution in [0.3, 0.4) is 0 Å². The summed E-state index contributed by atoms with van der Waals surface area (Å²) in [6.45, 7) is -0.759. The second kappa shape index (κ2) is 9.85. The molecule has 0 saturated carbocycles. The largest absolute Gasteiger partial charge is 0.459 e. The first kappa shape index (κ1) is 27.7. The highest BCUT2D eigenvalue weighted by Gasteiger charge is 2.73. The molecule has 0 radical (unpaired) electrons. The average molecular weight is 514 g/mol. The summed E-state index contributed by atoms with van der Waals surface area (Å²) in [6.07, 6.45) is -6.37. The lowest BCUT2D eigenvalue weighted by Gasteiger charge is -2.37. The minimum absolute atomic E-state index is 0.0301. The van der Waals surface area contributed by atoms with Crippen LogP contribution in [0.1, 0.15) is 22.3 Å². The summed E-state index contributed by atoms with van der Waals surface area (Å²) in [5.41, 5.74) is -0.291. The molecule has 3 rings (SSSR count). The molecule has 10 heteroatoms. The van der Waals surface area contributed by atoms with E-state index >= 15 is 4.39 Å². The number of nitrogens with zero attached hydrogens (tertiary/aromatic N) is 1. The zero-order valence-electron chi connectivity index (χ0n) is 19.5. The van der Waals surface area contributed by atoms with Crippen LogP contribution in [0.15, 0.2) is 66.7 Å². The van der Waals surface area contributed by atoms with Crippen LogP contribution in [0, 0.1) is 0 Å². The number of alkyl halides is 6. The Hall–Kier alpha value is -2.92. The van der Waals surface area contributed by atoms with E-state index in [4.69, 9.17) is 0 Å². The molecule has 0 saturated heterocycles. The van der Waals surface area contributed by atoms with E-state index < -0.39 is 34.6 Å². The van der Waals surface area contributed by atoms with Crippen LogP contribution < -0.4 is 4.48 Å². The SMILES string of the molecule is C[N+](C)(Cc1ccc(CO)c(CO)c1)c1cccc(-c2ccccc2)c1C(O)(F)C(F)(F)C(F)(F)F. The van der Waals surface area contributed by atoms with Crippen molar-refractivity contribution >= 4 is 5.69 Å². The van der Waals surface area contributed by atoms with Gasteiger partial charge in [-0.25, -0.2) is 0 Å². The minimum Gasteiger partial charge on any atom is -0.392 e. The molecule has 1 atom stereocenters. The number of aliphatic hydroxyl groups is 3. The lowest BCUT2D eigenvalue weighted by Crippen LogP contribution is -2.54. The van der Waals surface area contributed by atoms with Crippen LogP contribution in [0.5, 0.6) is 0 Å². The average Bonchev–Trinajstić information content (AvgIpc) is 2.83. The summed E-state index contributed by atoms with van der Waals surface area (Å²) < 4.78 is 83.9. The van der Waals surface area contributed by atoms with Crippen molar-refractivity contribution in [2.75, 3.05) is 14.1 Å². The van der Waals surface area contributed by atoms with Crippen molar-refractivity contribution in [1.82, 2.24) is 4.48 Å². The van der Waals surface area contributed by atoms with Crippen molar-refractivity contribution in [1.29, 1.82) is 0 Å². The third kappa shape index (κ3) is 4.99. The van der Waals surface area contributed by atoms with Gasteiger partial charge in [0.2, 0.25) is 0 Å². The van der Waals surface area contributed by atoms with Gasteiger partial charge < -0.3 is 15.3 Å². The Kier molecular flexibility index (Phi) is 7.57. The molecule has 1 unspecified atom stereocenters. The zero-order chi connectivity index (χ0) is 26.9. The van der Waals surface area contributed by atoms with Gasteiger partial charge in [0, 0.05) is 5.56 Å². The van der Waals surface area contributed by atoms with E-state index in [-0.39, 0.29) is 30.0 Å². The number of quaternary nitrogens is 1. The van der Waals surface area contributed by atoms with E-state index in [1.54, 1.807) is 24.3 Å². The van der Waals surface area contributed by atoms with Gasteiger partial charge in [-0.1, -0.05) is 54.6 Å². The minimum atomic E-state index is -6.37. The maximum absolute atomic E-state index is 15.6. The second-order valence-electron chi connectivity index (χ2n) is 9.02. The Balaban J connectivity index is 2.26. The Morgan fingerprint density at radius 1 is 0.750 bits per heavy atom. The molecule has 36 heavy (non-hydrogen) atoms. The zero-order valence-corrected chi connectivity index (χ0v) is 19.5. The molecule has 0 aliphatic rings. The molecule has 0 heterocycles. The molecule has 3 aromatic carbocycles. The summed E-state index contributed by atoms with van der Waals surface area (Å²) in [6, 6.07) is 15.9. The predicted octanol–water partition coefficient (Wildman–Crippen LogP) is 5.42. The van der Waals surface area contributed by atoms with Crippen molar-refractivity contribution in [2.24, 2.45) is 0 Å². The maximum atomic E-state index is 15.6. The van der Waals surface area contributed by atoms with Gasteiger partial charge >= 0.3 is 18.0 Å². The van der Waals surface area contributed by atoms with Gasteiger partial charge in [0.15, 0.2) is 0 Å². The van der Waals surface area contributed by atoms with Crippen LogP contribution in [0.4, 0.5) is 32.0 Å². The molecule has 194 valence electrons. The monoisotopic (exact) mass is 514 g/mol. The molecule has 0 aliphatic heterocycles. The molecule has 0 amide bonds. The van der Waals surface area contributed by atoms with Gasteiger partial charge in [0.1, 0.15) is 12.2 Å². The standard InChI is InChI=1S/C26H26F6NO3/c1-33(2,14-17-11-12-19(15-34)20(13-17)16-35)22-10-6-9-21(18-7-4-3-5-8-18)23(22)24(27,36)25(28,29)26(30,31)32/h3-13,34-36H,14-16H2,1-2H3/q+1. The van der Waals surface area contributed by atoms with E-state index in [0.29, 0.717) is 16.7 Å². The Morgan fingerprint density at radius 3 is 1.92 bits per heavy atom. The molecular weight excluding hydrogens is 488 g/mol. The van der Waals surface area contributed by atoms with Crippen molar-refractivity contribution in [2.45, 2.75) is 37.7 Å². The summed E-state index contributed by atoms with van der Waals surface area (Å²) in [7, 11) is 2.93. The molecule has 0 bridgehead atoms. The fraction of sp³-hybridized carbons (Fsp3) is 0.308. The van der Waals surface area contributed by atoms with E-state index in [1.165, 1.54) is 56.6 Å². The molecule has 0 fully saturated rings. The summed E-state index contributed by atoms with van der Waals surface area (Å²) in [5, 5.41) is 29.3. The third-order valence-electron chi connectivity index (χ3n) is 6.07. The van der Waals surface area contributed by atoms with Crippen molar-refractivity contribution in [3.63, 3.8) is 0 Å². The van der Waals surface area contributed by atoms with Crippen LogP contribution >= 0.6 is 0 Å². The third-order valence-corrected chi connectivity index (χ3v) is 6.07. The van der Waals surface area contributed by atoms with Crippen LogP contribution in [0.25, 0.3) is 11.1 Å². The van der Waals surface area contributed by atoms with Gasteiger partial charge in [-0.2, -0.15) is 26.3 Å². The summed E-state index contributed by atoms with van der Waals surface area (Å²) >= 11 is 0. The quantitative estimate of drug-likeness (QED) is 0.278. The fourth-order valence-electron chi connectivity index (χ4n) is 4.22. The number of aliphatic hydroxyl groups excluding tert-OH is 2. The fourth-order valence-corrected chi connectivity index (χ4v) is 4.22. The molecule has 0 aliphatic carbocycles. The molecule has 0 spiro atoms. The van der Waals surface area contributed by atoms with Crippen molar-refractivity contribution in [3.8, 4) is 11.1 Å². The lowest BCUT2D eigenvalue weighted by atomic mass is 9.88. The highest BCUT2D eigenvalue weighted by atomic mass is 19.4. The highest BCUT2D eigenvalue weighted by molar-refractivity contribution is 5.75. The topological polar surface area (TPSA) is 60.7 Å². The van der Waals surface area contributed by atoms with Gasteiger partial charge in [-0.15, -0.1) is 0 Å². The molecule has 3 N–H and O–H groups in total. The number of halogens is 6. The Labute approximate surface area is 204 Å². The van der Waals surface area contributed by atoms with Gasteiger partial charge in [-0.3, -0.25) is 4.48 Å². The lowest BCUT2D eigenvalue weighted by molar-refractivity contribution is -0.379. The van der Waals surface area contributed by atoms with E-state index in [1.807, 2.05) is 0 Å². The Bertz CT molecular complexity index is 1210. The number of rotatable bonds is 8. The van der Waals surface area contributed by atoms with Gasteiger partial charge in [0.05, 0.1) is 32.9 Å². The first-order valence-corrected chi connectivity index (χ1v) is 10.9. The molecule has 3 aromatic rings. The van der Waals surface area contributed by atoms with Crippen LogP contribution in [-0.2, 0) is 25.6 Å². The smallest absolute Gasteiger partial charge is 0.392 e. The summed E-state index contributed by atoms with van der Waals surface area (Å²) in [4.78, 5) is 0. The first-order valence-electron chi connectivity index (χ1n) is 10.9. The van der Waals surface area contributed by atoms with Gasteiger partial charge in [-0.05, 0) is 34.4 Å². The Morgan fingerprint density at radius 2 is 1.36 bits per heavy atom. The number of benzene rings is 3. The first-order chi connectivity index (χ1) is 16.7. The molecule has 4 nitrogen and oxygen atoms in total. The molecular formula is C26H26F6NO3+. The number of hydrogen-bond acceptors (Lipinski definition) is 3. The second-order valence-corrected chi connectivity index (χ2v) is 9.02. The van der Waals surface area contributed by atoms with Crippen LogP contribution in [-0.4, -0.2) is 41.5 Å². The van der Waals surface area contributed by atoms with Crippen molar-refractivity contribution in [3.05, 3.63) is 89.0 Å². The van der Waals surface area contributed by atoms with E-state index in [2.05, 4.69) is 0 Å². The normalized spacial score (nSPS) is 14.5. The van der Waals surface area contributed by atoms with Gasteiger partial charge in [0.25, 0.3) is 0 Å². The summed E-state index contributed by atoms with van der Waals surface area (Å²) in [5.74, 6) is -11.2.